The van der Waals surface area contributed by atoms with E-state index >= 15 is 0 Å². The van der Waals surface area contributed by atoms with Gasteiger partial charge in [0.05, 0.1) is 5.56 Å². The summed E-state index contributed by atoms with van der Waals surface area (Å²) in [6.07, 6.45) is -1.34. The number of carbonyl (C=O) groups is 3. The van der Waals surface area contributed by atoms with Gasteiger partial charge in [-0.05, 0) is 140 Å². The highest BCUT2D eigenvalue weighted by Crippen LogP contribution is 2.52. The Morgan fingerprint density at radius 1 is 0.571 bits per heavy atom. The number of halogens is 6. The van der Waals surface area contributed by atoms with Crippen LogP contribution in [0.3, 0.4) is 0 Å². The Hall–Kier alpha value is -6.77. The number of hydrogen-bond donors (Lipinski definition) is 2. The molecule has 77 heavy (non-hydrogen) atoms. The first kappa shape index (κ1) is 55.0. The molecule has 0 radical (unpaired) electrons. The van der Waals surface area contributed by atoms with Crippen LogP contribution in [-0.4, -0.2) is 103 Å². The Morgan fingerprint density at radius 3 is 1.64 bits per heavy atom. The lowest BCUT2D eigenvalue weighted by molar-refractivity contribution is -0.141. The fraction of sp³-hybridized carbons (Fsp3) is 0.381. The summed E-state index contributed by atoms with van der Waals surface area (Å²) in [5.41, 5.74) is 6.51. The van der Waals surface area contributed by atoms with Gasteiger partial charge in [-0.1, -0.05) is 140 Å². The van der Waals surface area contributed by atoms with Crippen molar-refractivity contribution in [1.82, 2.24) is 25.3 Å². The van der Waals surface area contributed by atoms with Crippen molar-refractivity contribution in [3.05, 3.63) is 179 Å². The number of rotatable bonds is 19. The van der Waals surface area contributed by atoms with Gasteiger partial charge in [0, 0.05) is 55.9 Å². The van der Waals surface area contributed by atoms with Gasteiger partial charge in [-0.3, -0.25) is 14.4 Å². The molecule has 9 rings (SSSR count). The summed E-state index contributed by atoms with van der Waals surface area (Å²) in [6.45, 7) is 6.17. The fourth-order valence-corrected chi connectivity index (χ4v) is 11.9. The molecule has 8 nitrogen and oxygen atoms in total. The number of hydrogen-bond acceptors (Lipinski definition) is 5. The SMILES string of the molecule is Cc1ccc(-c2ccccc2C(=O)N(CCCCCN2CCC(NC(=O)c3ccccc3-c3ccc(C(F)(F)F)cc3)CC2)C2CCN(CCCCC3(C(=O)NCC(F)(F)F)c4ccccc4-c4ccccc43)CC2)cc1. The van der Waals surface area contributed by atoms with Crippen LogP contribution in [0.1, 0.15) is 107 Å². The van der Waals surface area contributed by atoms with Crippen molar-refractivity contribution >= 4 is 17.7 Å². The standard InChI is InChI=1S/C63H67F6N5O3/c1-44-23-25-45(26-24-44)51-16-4-6-20-55(51)59(76)74(38-13-2-12-36-72-39-31-48(32-40-72)71-58(75)54-19-5-3-15-50(54)46-27-29-47(30-28-46)63(67,68)69)49-33-41-73(42-34-49)37-14-11-35-61(60(77)70-43-62(64,65)66)56-21-9-7-17-52(56)53-18-8-10-22-57(53)61/h3-10,15-30,48-49H,2,11-14,31-43H2,1H3,(H,70,77)(H,71,75). The molecule has 6 aromatic carbocycles. The average molecular weight is 1060 g/mol. The Bertz CT molecular complexity index is 2930. The molecule has 2 fully saturated rings. The molecule has 0 atom stereocenters. The van der Waals surface area contributed by atoms with Crippen LogP contribution >= 0.6 is 0 Å². The second-order valence-corrected chi connectivity index (χ2v) is 21.0. The maximum Gasteiger partial charge on any atom is 0.416 e. The highest BCUT2D eigenvalue weighted by Gasteiger charge is 2.49. The first-order chi connectivity index (χ1) is 37.1. The van der Waals surface area contributed by atoms with Crippen molar-refractivity contribution < 1.29 is 40.7 Å². The molecule has 1 aliphatic carbocycles. The van der Waals surface area contributed by atoms with E-state index in [0.717, 1.165) is 142 Å². The predicted molar refractivity (Wildman–Crippen MR) is 290 cm³/mol. The quantitative estimate of drug-likeness (QED) is 0.0624. The molecular formula is C63H67F6N5O3. The lowest BCUT2D eigenvalue weighted by atomic mass is 9.73. The van der Waals surface area contributed by atoms with Gasteiger partial charge in [-0.2, -0.15) is 26.3 Å². The topological polar surface area (TPSA) is 85.0 Å². The van der Waals surface area contributed by atoms with E-state index in [9.17, 15) is 40.7 Å². The molecule has 404 valence electrons. The van der Waals surface area contributed by atoms with E-state index in [-0.39, 0.29) is 23.9 Å². The zero-order valence-electron chi connectivity index (χ0n) is 43.6. The molecule has 0 unspecified atom stereocenters. The predicted octanol–water partition coefficient (Wildman–Crippen LogP) is 13.1. The third kappa shape index (κ3) is 13.0. The number of benzene rings is 6. The Morgan fingerprint density at radius 2 is 1.06 bits per heavy atom. The maximum absolute atomic E-state index is 14.9. The van der Waals surface area contributed by atoms with E-state index < -0.39 is 35.8 Å². The van der Waals surface area contributed by atoms with Gasteiger partial charge in [0.1, 0.15) is 12.0 Å². The van der Waals surface area contributed by atoms with Crippen molar-refractivity contribution in [2.75, 3.05) is 52.4 Å². The molecule has 6 aromatic rings. The number of carbonyl (C=O) groups excluding carboxylic acids is 3. The molecule has 2 heterocycles. The molecule has 2 aliphatic heterocycles. The molecule has 3 aliphatic rings. The summed E-state index contributed by atoms with van der Waals surface area (Å²) in [5, 5.41) is 5.42. The molecule has 0 bridgehead atoms. The molecule has 2 N–H and O–H groups in total. The van der Waals surface area contributed by atoms with Crippen molar-refractivity contribution in [2.45, 2.75) is 101 Å². The summed E-state index contributed by atoms with van der Waals surface area (Å²) >= 11 is 0. The molecule has 0 aromatic heterocycles. The van der Waals surface area contributed by atoms with Gasteiger partial charge in [0.2, 0.25) is 5.91 Å². The second-order valence-electron chi connectivity index (χ2n) is 21.0. The van der Waals surface area contributed by atoms with Crippen LogP contribution in [0, 0.1) is 6.92 Å². The summed E-state index contributed by atoms with van der Waals surface area (Å²) in [5.74, 6) is -0.849. The van der Waals surface area contributed by atoms with Crippen LogP contribution < -0.4 is 10.6 Å². The van der Waals surface area contributed by atoms with Crippen LogP contribution in [0.15, 0.2) is 146 Å². The maximum atomic E-state index is 14.9. The van der Waals surface area contributed by atoms with Gasteiger partial charge in [-0.25, -0.2) is 0 Å². The highest BCUT2D eigenvalue weighted by molar-refractivity contribution is 6.02. The largest absolute Gasteiger partial charge is 0.416 e. The van der Waals surface area contributed by atoms with E-state index in [1.54, 1.807) is 24.3 Å². The fourth-order valence-electron chi connectivity index (χ4n) is 11.9. The van der Waals surface area contributed by atoms with Gasteiger partial charge in [0.15, 0.2) is 0 Å². The van der Waals surface area contributed by atoms with E-state index in [4.69, 9.17) is 0 Å². The molecule has 0 spiro atoms. The van der Waals surface area contributed by atoms with E-state index in [1.807, 2.05) is 79.7 Å². The number of nitrogens with zero attached hydrogens (tertiary/aromatic N) is 3. The summed E-state index contributed by atoms with van der Waals surface area (Å²) in [4.78, 5) is 49.4. The molecular weight excluding hydrogens is 989 g/mol. The number of fused-ring (bicyclic) bond motifs is 3. The third-order valence-corrected chi connectivity index (χ3v) is 15.9. The number of nitrogens with one attached hydrogen (secondary N) is 2. The average Bonchev–Trinajstić information content (AvgIpc) is 3.86. The van der Waals surface area contributed by atoms with Crippen molar-refractivity contribution in [1.29, 1.82) is 0 Å². The monoisotopic (exact) mass is 1060 g/mol. The number of aryl methyl sites for hydroxylation is 1. The molecule has 0 saturated carbocycles. The Kier molecular flexibility index (Phi) is 17.3. The number of amides is 3. The van der Waals surface area contributed by atoms with Gasteiger partial charge >= 0.3 is 12.4 Å². The smallest absolute Gasteiger partial charge is 0.349 e. The molecule has 2 saturated heterocycles. The van der Waals surface area contributed by atoms with Crippen molar-refractivity contribution in [2.24, 2.45) is 0 Å². The second kappa shape index (κ2) is 24.3. The number of alkyl halides is 6. The molecule has 14 heteroatoms. The highest BCUT2D eigenvalue weighted by atomic mass is 19.4. The third-order valence-electron chi connectivity index (χ3n) is 15.9. The molecule has 3 amide bonds. The van der Waals surface area contributed by atoms with Crippen LogP contribution in [0.4, 0.5) is 26.3 Å². The number of likely N-dealkylation sites (tertiary alicyclic amines) is 2. The first-order valence-corrected chi connectivity index (χ1v) is 27.1. The van der Waals surface area contributed by atoms with Crippen LogP contribution in [0.5, 0.6) is 0 Å². The lowest BCUT2D eigenvalue weighted by Crippen LogP contribution is -2.48. The van der Waals surface area contributed by atoms with Crippen LogP contribution in [0.2, 0.25) is 0 Å². The number of unbranched alkanes of at least 4 members (excludes halogenated alkanes) is 3. The minimum atomic E-state index is -4.54. The van der Waals surface area contributed by atoms with Crippen LogP contribution in [0.25, 0.3) is 33.4 Å². The normalized spacial score (nSPS) is 16.1. The minimum absolute atomic E-state index is 0.0250. The van der Waals surface area contributed by atoms with E-state index in [2.05, 4.69) is 49.6 Å². The first-order valence-electron chi connectivity index (χ1n) is 27.1. The van der Waals surface area contributed by atoms with Gasteiger partial charge in [-0.15, -0.1) is 0 Å². The summed E-state index contributed by atoms with van der Waals surface area (Å²) in [6, 6.07) is 43.1. The van der Waals surface area contributed by atoms with Crippen LogP contribution in [-0.2, 0) is 16.4 Å². The lowest BCUT2D eigenvalue weighted by Gasteiger charge is -2.39. The van der Waals surface area contributed by atoms with Gasteiger partial charge < -0.3 is 25.3 Å². The Labute approximate surface area is 447 Å². The zero-order valence-corrected chi connectivity index (χ0v) is 43.6. The van der Waals surface area contributed by atoms with E-state index in [1.165, 1.54) is 12.1 Å². The summed E-state index contributed by atoms with van der Waals surface area (Å²) < 4.78 is 80.1. The van der Waals surface area contributed by atoms with E-state index in [0.29, 0.717) is 41.6 Å². The summed E-state index contributed by atoms with van der Waals surface area (Å²) in [7, 11) is 0. The Balaban J connectivity index is 0.788. The minimum Gasteiger partial charge on any atom is -0.349 e. The van der Waals surface area contributed by atoms with Gasteiger partial charge in [0.25, 0.3) is 11.8 Å². The number of piperidine rings is 2. The van der Waals surface area contributed by atoms with Crippen molar-refractivity contribution in [3.63, 3.8) is 0 Å². The zero-order chi connectivity index (χ0) is 54.2. The van der Waals surface area contributed by atoms with Crippen molar-refractivity contribution in [3.8, 4) is 33.4 Å².